The van der Waals surface area contributed by atoms with Crippen LogP contribution >= 0.6 is 23.6 Å². The molecule has 20 heavy (non-hydrogen) atoms. The van der Waals surface area contributed by atoms with E-state index in [1.165, 1.54) is 24.1 Å². The van der Waals surface area contributed by atoms with Gasteiger partial charge in [-0.3, -0.25) is 0 Å². The van der Waals surface area contributed by atoms with Gasteiger partial charge >= 0.3 is 0 Å². The molecule has 1 aromatic heterocycles. The zero-order chi connectivity index (χ0) is 14.1. The van der Waals surface area contributed by atoms with Crippen molar-refractivity contribution in [2.75, 3.05) is 4.90 Å². The average molecular weight is 302 g/mol. The number of thiophene rings is 1. The lowest BCUT2D eigenvalue weighted by molar-refractivity contribution is 0.796. The van der Waals surface area contributed by atoms with Crippen molar-refractivity contribution in [2.45, 2.75) is 32.4 Å². The van der Waals surface area contributed by atoms with Crippen molar-refractivity contribution in [3.63, 3.8) is 0 Å². The second-order valence-electron chi connectivity index (χ2n) is 5.35. The fraction of sp³-hybridized carbons (Fsp3) is 0.312. The van der Waals surface area contributed by atoms with E-state index < -0.39 is 0 Å². The number of hydrogen-bond acceptors (Lipinski definition) is 3. The third-order valence-corrected chi connectivity index (χ3v) is 4.68. The summed E-state index contributed by atoms with van der Waals surface area (Å²) in [6.07, 6.45) is 2.58. The molecule has 3 rings (SSSR count). The van der Waals surface area contributed by atoms with E-state index >= 15 is 0 Å². The minimum absolute atomic E-state index is 0.477. The van der Waals surface area contributed by atoms with Gasteiger partial charge in [-0.25, -0.2) is 0 Å². The van der Waals surface area contributed by atoms with Crippen LogP contribution in [0.3, 0.4) is 0 Å². The fourth-order valence-corrected chi connectivity index (χ4v) is 3.39. The van der Waals surface area contributed by atoms with Crippen molar-refractivity contribution in [2.24, 2.45) is 5.73 Å². The van der Waals surface area contributed by atoms with Crippen molar-refractivity contribution in [3.8, 4) is 0 Å². The third kappa shape index (κ3) is 2.86. The van der Waals surface area contributed by atoms with Gasteiger partial charge in [0, 0.05) is 23.8 Å². The van der Waals surface area contributed by atoms with Crippen LogP contribution < -0.4 is 10.6 Å². The Kier molecular flexibility index (Phi) is 3.76. The van der Waals surface area contributed by atoms with Crippen LogP contribution in [0.25, 0.3) is 0 Å². The van der Waals surface area contributed by atoms with Gasteiger partial charge < -0.3 is 10.6 Å². The summed E-state index contributed by atoms with van der Waals surface area (Å²) in [6.45, 7) is 3.06. The molecule has 1 aromatic carbocycles. The first kappa shape index (κ1) is 13.6. The molecule has 1 fully saturated rings. The number of hydrogen-bond donors (Lipinski definition) is 1. The number of rotatable bonds is 5. The Balaban J connectivity index is 1.88. The van der Waals surface area contributed by atoms with Gasteiger partial charge in [0.2, 0.25) is 0 Å². The van der Waals surface area contributed by atoms with Gasteiger partial charge in [-0.2, -0.15) is 11.3 Å². The number of nitrogens with zero attached hydrogens (tertiary/aromatic N) is 1. The van der Waals surface area contributed by atoms with Gasteiger partial charge in [0.15, 0.2) is 0 Å². The molecule has 1 heterocycles. The van der Waals surface area contributed by atoms with E-state index in [2.05, 4.69) is 46.8 Å². The molecule has 0 saturated heterocycles. The fourth-order valence-electron chi connectivity index (χ4n) is 2.50. The average Bonchev–Trinajstić information content (AvgIpc) is 3.12. The topological polar surface area (TPSA) is 29.3 Å². The predicted octanol–water partition coefficient (Wildman–Crippen LogP) is 3.86. The lowest BCUT2D eigenvalue weighted by Crippen LogP contribution is -2.25. The summed E-state index contributed by atoms with van der Waals surface area (Å²) in [4.78, 5) is 2.98. The van der Waals surface area contributed by atoms with Crippen LogP contribution in [0.2, 0.25) is 0 Å². The number of nitrogens with two attached hydrogens (primary N) is 1. The van der Waals surface area contributed by atoms with E-state index in [0.29, 0.717) is 11.0 Å². The van der Waals surface area contributed by atoms with E-state index in [9.17, 15) is 0 Å². The first-order valence-corrected chi connectivity index (χ1v) is 8.18. The van der Waals surface area contributed by atoms with E-state index in [4.69, 9.17) is 18.0 Å². The van der Waals surface area contributed by atoms with Gasteiger partial charge in [0.1, 0.15) is 4.99 Å². The number of anilines is 1. The Hall–Kier alpha value is -1.39. The smallest absolute Gasteiger partial charge is 0.104 e. The molecule has 4 heteroatoms. The Morgan fingerprint density at radius 2 is 2.20 bits per heavy atom. The van der Waals surface area contributed by atoms with Gasteiger partial charge in [0.05, 0.1) is 0 Å². The first-order chi connectivity index (χ1) is 9.65. The molecule has 0 amide bonds. The molecule has 0 atom stereocenters. The van der Waals surface area contributed by atoms with Crippen LogP contribution in [0.4, 0.5) is 5.69 Å². The van der Waals surface area contributed by atoms with E-state index in [1.54, 1.807) is 11.3 Å². The Morgan fingerprint density at radius 1 is 1.40 bits per heavy atom. The molecule has 1 aliphatic rings. The van der Waals surface area contributed by atoms with Crippen molar-refractivity contribution in [1.82, 2.24) is 0 Å². The minimum Gasteiger partial charge on any atom is -0.389 e. The monoisotopic (exact) mass is 302 g/mol. The summed E-state index contributed by atoms with van der Waals surface area (Å²) < 4.78 is 0. The molecular formula is C16H18N2S2. The second kappa shape index (κ2) is 5.54. The van der Waals surface area contributed by atoms with Gasteiger partial charge in [-0.05, 0) is 65.9 Å². The van der Waals surface area contributed by atoms with Crippen molar-refractivity contribution in [3.05, 3.63) is 51.7 Å². The molecule has 0 radical (unpaired) electrons. The van der Waals surface area contributed by atoms with E-state index in [-0.39, 0.29) is 0 Å². The largest absolute Gasteiger partial charge is 0.389 e. The third-order valence-electron chi connectivity index (χ3n) is 3.73. The molecule has 2 aromatic rings. The SMILES string of the molecule is Cc1cc(N(Cc2ccsc2)C2CC2)ccc1C(N)=S. The highest BCUT2D eigenvalue weighted by Crippen LogP contribution is 2.34. The summed E-state index contributed by atoms with van der Waals surface area (Å²) >= 11 is 6.84. The highest BCUT2D eigenvalue weighted by atomic mass is 32.1. The second-order valence-corrected chi connectivity index (χ2v) is 6.57. The van der Waals surface area contributed by atoms with Crippen molar-refractivity contribution >= 4 is 34.2 Å². The Labute approximate surface area is 129 Å². The van der Waals surface area contributed by atoms with E-state index in [0.717, 1.165) is 17.7 Å². The molecule has 1 saturated carbocycles. The molecule has 0 spiro atoms. The Morgan fingerprint density at radius 3 is 2.75 bits per heavy atom. The summed E-state index contributed by atoms with van der Waals surface area (Å²) in [6, 6.07) is 9.29. The number of aryl methyl sites for hydroxylation is 1. The Bertz CT molecular complexity index is 615. The van der Waals surface area contributed by atoms with Crippen LogP contribution in [0.5, 0.6) is 0 Å². The van der Waals surface area contributed by atoms with Crippen LogP contribution in [0.1, 0.15) is 29.5 Å². The molecule has 1 aliphatic carbocycles. The number of thiocarbonyl (C=S) groups is 1. The summed E-state index contributed by atoms with van der Waals surface area (Å²) in [5, 5.41) is 4.37. The highest BCUT2D eigenvalue weighted by Gasteiger charge is 2.29. The van der Waals surface area contributed by atoms with Crippen LogP contribution in [0, 0.1) is 6.92 Å². The van der Waals surface area contributed by atoms with Crippen molar-refractivity contribution in [1.29, 1.82) is 0 Å². The maximum atomic E-state index is 5.74. The van der Waals surface area contributed by atoms with Gasteiger partial charge in [-0.1, -0.05) is 12.2 Å². The lowest BCUT2D eigenvalue weighted by atomic mass is 10.1. The maximum Gasteiger partial charge on any atom is 0.104 e. The molecule has 0 unspecified atom stereocenters. The molecule has 2 nitrogen and oxygen atoms in total. The quantitative estimate of drug-likeness (QED) is 0.850. The molecular weight excluding hydrogens is 284 g/mol. The van der Waals surface area contributed by atoms with Gasteiger partial charge in [0.25, 0.3) is 0 Å². The first-order valence-electron chi connectivity index (χ1n) is 6.83. The highest BCUT2D eigenvalue weighted by molar-refractivity contribution is 7.80. The molecule has 104 valence electrons. The van der Waals surface area contributed by atoms with Crippen molar-refractivity contribution < 1.29 is 0 Å². The zero-order valence-corrected chi connectivity index (χ0v) is 13.1. The molecule has 2 N–H and O–H groups in total. The van der Waals surface area contributed by atoms with Crippen LogP contribution in [-0.2, 0) is 6.54 Å². The summed E-state index contributed by atoms with van der Waals surface area (Å²) in [7, 11) is 0. The minimum atomic E-state index is 0.477. The lowest BCUT2D eigenvalue weighted by Gasteiger charge is -2.25. The molecule has 0 aliphatic heterocycles. The summed E-state index contributed by atoms with van der Waals surface area (Å²) in [5.74, 6) is 0. The zero-order valence-electron chi connectivity index (χ0n) is 11.5. The van der Waals surface area contributed by atoms with Crippen LogP contribution in [0.15, 0.2) is 35.0 Å². The predicted molar refractivity (Wildman–Crippen MR) is 90.6 cm³/mol. The number of benzene rings is 1. The normalized spacial score (nSPS) is 14.2. The standard InChI is InChI=1S/C16H18N2S2/c1-11-8-14(4-5-15(11)16(17)19)18(13-2-3-13)9-12-6-7-20-10-12/h4-8,10,13H,2-3,9H2,1H3,(H2,17,19). The van der Waals surface area contributed by atoms with Crippen LogP contribution in [-0.4, -0.2) is 11.0 Å². The molecule has 0 bridgehead atoms. The summed E-state index contributed by atoms with van der Waals surface area (Å²) in [5.41, 5.74) is 10.5. The maximum absolute atomic E-state index is 5.74. The van der Waals surface area contributed by atoms with Gasteiger partial charge in [-0.15, -0.1) is 0 Å². The van der Waals surface area contributed by atoms with E-state index in [1.807, 2.05) is 0 Å².